The fourth-order valence-electron chi connectivity index (χ4n) is 6.82. The Bertz CT molecular complexity index is 903. The van der Waals surface area contributed by atoms with Crippen LogP contribution in [0.2, 0.25) is 0 Å². The van der Waals surface area contributed by atoms with Gasteiger partial charge in [-0.25, -0.2) is 0 Å². The predicted molar refractivity (Wildman–Crippen MR) is 221 cm³/mol. The Morgan fingerprint density at radius 2 is 0.843 bits per heavy atom. The zero-order valence-electron chi connectivity index (χ0n) is 33.7. The molecule has 0 aromatic heterocycles. The van der Waals surface area contributed by atoms with Gasteiger partial charge in [-0.05, 0) is 32.1 Å². The largest absolute Gasteiger partial charge is 0.387 e. The Hall–Kier alpha value is -1.18. The van der Waals surface area contributed by atoms with E-state index < -0.39 is 28.0 Å². The highest BCUT2D eigenvalue weighted by Crippen LogP contribution is 2.16. The van der Waals surface area contributed by atoms with E-state index in [0.717, 1.165) is 38.5 Å². The predicted octanol–water partition coefficient (Wildman–Crippen LogP) is 13.1. The van der Waals surface area contributed by atoms with E-state index in [1.54, 1.807) is 0 Å². The topological polar surface area (TPSA) is 104 Å². The van der Waals surface area contributed by atoms with Gasteiger partial charge in [0.1, 0.15) is 0 Å². The van der Waals surface area contributed by atoms with E-state index in [1.807, 2.05) is 6.08 Å². The second-order valence-electron chi connectivity index (χ2n) is 15.3. The number of aliphatic hydroxyl groups is 1. The van der Waals surface area contributed by atoms with E-state index in [0.29, 0.717) is 6.42 Å². The van der Waals surface area contributed by atoms with Gasteiger partial charge in [-0.2, -0.15) is 8.42 Å². The minimum Gasteiger partial charge on any atom is -0.387 e. The van der Waals surface area contributed by atoms with Gasteiger partial charge in [0.2, 0.25) is 5.91 Å². The van der Waals surface area contributed by atoms with Gasteiger partial charge >= 0.3 is 0 Å². The monoisotopic (exact) mass is 740 g/mol. The van der Waals surface area contributed by atoms with Crippen molar-refractivity contribution in [1.82, 2.24) is 5.32 Å². The second kappa shape index (κ2) is 38.5. The molecule has 0 saturated heterocycles. The summed E-state index contributed by atoms with van der Waals surface area (Å²) in [6.45, 7) is 4.52. The third-order valence-electron chi connectivity index (χ3n) is 10.1. The Kier molecular flexibility index (Phi) is 37.6. The molecule has 51 heavy (non-hydrogen) atoms. The number of hydrogen-bond acceptors (Lipinski definition) is 4. The van der Waals surface area contributed by atoms with Crippen molar-refractivity contribution in [2.75, 3.05) is 5.75 Å². The van der Waals surface area contributed by atoms with Crippen molar-refractivity contribution in [2.45, 2.75) is 244 Å². The van der Waals surface area contributed by atoms with Gasteiger partial charge in [0.15, 0.2) is 0 Å². The number of rotatable bonds is 40. The Labute approximate surface area is 317 Å². The molecule has 6 nitrogen and oxygen atoms in total. The first-order valence-corrected chi connectivity index (χ1v) is 23.6. The molecular weight excluding hydrogens is 655 g/mol. The molecular formula is C44H85NO5S. The summed E-state index contributed by atoms with van der Waals surface area (Å²) in [6.07, 6.45) is 49.0. The third-order valence-corrected chi connectivity index (χ3v) is 10.9. The van der Waals surface area contributed by atoms with E-state index in [1.165, 1.54) is 179 Å². The molecule has 0 aromatic rings. The van der Waals surface area contributed by atoms with Crippen LogP contribution in [0.25, 0.3) is 0 Å². The molecule has 0 aliphatic rings. The second-order valence-corrected chi connectivity index (χ2v) is 16.8. The number of carbonyl (C=O) groups is 1. The van der Waals surface area contributed by atoms with E-state index in [4.69, 9.17) is 0 Å². The number of allylic oxidation sites excluding steroid dienone is 3. The number of carbonyl (C=O) groups excluding carboxylic acids is 1. The molecule has 1 amide bonds. The molecule has 0 spiro atoms. The first kappa shape index (κ1) is 49.8. The molecule has 302 valence electrons. The fraction of sp³-hybridized carbons (Fsp3) is 0.886. The van der Waals surface area contributed by atoms with Crippen molar-refractivity contribution in [3.63, 3.8) is 0 Å². The number of hydrogen-bond donors (Lipinski definition) is 3. The molecule has 2 atom stereocenters. The van der Waals surface area contributed by atoms with Gasteiger partial charge in [-0.1, -0.05) is 218 Å². The molecule has 0 fully saturated rings. The Morgan fingerprint density at radius 3 is 1.24 bits per heavy atom. The summed E-state index contributed by atoms with van der Waals surface area (Å²) >= 11 is 0. The maximum Gasteiger partial charge on any atom is 0.267 e. The van der Waals surface area contributed by atoms with Crippen molar-refractivity contribution >= 4 is 16.0 Å². The highest BCUT2D eigenvalue weighted by Gasteiger charge is 2.24. The number of unbranched alkanes of at least 4 members (excludes halogenated alkanes) is 30. The van der Waals surface area contributed by atoms with Gasteiger partial charge in [0.05, 0.1) is 17.9 Å². The van der Waals surface area contributed by atoms with Crippen molar-refractivity contribution in [3.8, 4) is 0 Å². The lowest BCUT2D eigenvalue weighted by atomic mass is 10.0. The van der Waals surface area contributed by atoms with Crippen LogP contribution in [0, 0.1) is 0 Å². The van der Waals surface area contributed by atoms with Crippen LogP contribution in [0.5, 0.6) is 0 Å². The lowest BCUT2D eigenvalue weighted by molar-refractivity contribution is -0.122. The van der Waals surface area contributed by atoms with Crippen molar-refractivity contribution < 1.29 is 22.9 Å². The van der Waals surface area contributed by atoms with Crippen LogP contribution in [0.15, 0.2) is 24.3 Å². The summed E-state index contributed by atoms with van der Waals surface area (Å²) in [7, 11) is -4.35. The van der Waals surface area contributed by atoms with Crippen LogP contribution in [-0.4, -0.2) is 41.9 Å². The lowest BCUT2D eigenvalue weighted by Gasteiger charge is -2.21. The summed E-state index contributed by atoms with van der Waals surface area (Å²) in [4.78, 5) is 12.5. The van der Waals surface area contributed by atoms with E-state index >= 15 is 0 Å². The molecule has 0 radical (unpaired) electrons. The van der Waals surface area contributed by atoms with Gasteiger partial charge < -0.3 is 10.4 Å². The standard InChI is InChI=1S/C44H85NO5S/c1-3-5-7-9-11-13-15-17-18-19-20-21-22-23-24-25-26-28-30-32-34-36-38-40-44(47)45-42(41-51(48,49)50)43(46)39-37-35-33-31-29-27-16-14-12-10-8-6-4-2/h29,31,37,39,42-43,46H,3-28,30,32-36,38,40-41H2,1-2H3,(H,45,47)(H,48,49,50)/b31-29+,39-37+. The summed E-state index contributed by atoms with van der Waals surface area (Å²) in [5.74, 6) is -0.991. The number of aliphatic hydroxyl groups excluding tert-OH is 1. The smallest absolute Gasteiger partial charge is 0.267 e. The van der Waals surface area contributed by atoms with Crippen LogP contribution in [0.4, 0.5) is 0 Å². The molecule has 0 bridgehead atoms. The molecule has 0 aliphatic carbocycles. The highest BCUT2D eigenvalue weighted by atomic mass is 32.2. The first-order chi connectivity index (χ1) is 24.8. The summed E-state index contributed by atoms with van der Waals surface area (Å²) < 4.78 is 32.5. The van der Waals surface area contributed by atoms with Gasteiger partial charge in [0, 0.05) is 6.42 Å². The summed E-state index contributed by atoms with van der Waals surface area (Å²) in [5.41, 5.74) is 0. The van der Waals surface area contributed by atoms with E-state index in [9.17, 15) is 22.9 Å². The van der Waals surface area contributed by atoms with Gasteiger partial charge in [-0.15, -0.1) is 0 Å². The van der Waals surface area contributed by atoms with Crippen LogP contribution in [0.1, 0.15) is 232 Å². The molecule has 3 N–H and O–H groups in total. The molecule has 0 heterocycles. The van der Waals surface area contributed by atoms with Crippen LogP contribution in [-0.2, 0) is 14.9 Å². The molecule has 7 heteroatoms. The van der Waals surface area contributed by atoms with Crippen molar-refractivity contribution in [1.29, 1.82) is 0 Å². The minimum absolute atomic E-state index is 0.284. The van der Waals surface area contributed by atoms with Crippen molar-refractivity contribution in [2.24, 2.45) is 0 Å². The Balaban J connectivity index is 3.80. The average molecular weight is 740 g/mol. The summed E-state index contributed by atoms with van der Waals surface area (Å²) in [6, 6.07) is -1.07. The van der Waals surface area contributed by atoms with Crippen LogP contribution < -0.4 is 5.32 Å². The minimum atomic E-state index is -4.35. The quantitative estimate of drug-likeness (QED) is 0.0330. The molecule has 0 rings (SSSR count). The lowest BCUT2D eigenvalue weighted by Crippen LogP contribution is -2.46. The van der Waals surface area contributed by atoms with E-state index in [2.05, 4.69) is 31.3 Å². The van der Waals surface area contributed by atoms with Crippen LogP contribution in [0.3, 0.4) is 0 Å². The molecule has 2 unspecified atom stereocenters. The SMILES string of the molecule is CCCCCCCCC/C=C/CC/C=C/C(O)C(CS(=O)(=O)O)NC(=O)CCCCCCCCCCCCCCCCCCCCCCCCC. The number of nitrogens with one attached hydrogen (secondary N) is 1. The summed E-state index contributed by atoms with van der Waals surface area (Å²) in [5, 5.41) is 13.2. The molecule has 0 saturated carbocycles. The highest BCUT2D eigenvalue weighted by molar-refractivity contribution is 7.85. The van der Waals surface area contributed by atoms with Gasteiger partial charge in [0.25, 0.3) is 10.1 Å². The van der Waals surface area contributed by atoms with E-state index in [-0.39, 0.29) is 5.91 Å². The molecule has 0 aliphatic heterocycles. The zero-order chi connectivity index (χ0) is 37.5. The number of amides is 1. The maximum absolute atomic E-state index is 12.5. The fourth-order valence-corrected chi connectivity index (χ4v) is 7.55. The zero-order valence-corrected chi connectivity index (χ0v) is 34.6. The maximum atomic E-state index is 12.5. The Morgan fingerprint density at radius 1 is 0.510 bits per heavy atom. The third kappa shape index (κ3) is 39.9. The van der Waals surface area contributed by atoms with Gasteiger partial charge in [-0.3, -0.25) is 9.35 Å². The normalized spacial score (nSPS) is 13.4. The van der Waals surface area contributed by atoms with Crippen molar-refractivity contribution in [3.05, 3.63) is 24.3 Å². The van der Waals surface area contributed by atoms with Crippen LogP contribution >= 0.6 is 0 Å². The molecule has 0 aromatic carbocycles. The average Bonchev–Trinajstić information content (AvgIpc) is 3.09. The first-order valence-electron chi connectivity index (χ1n) is 22.0.